The molecule has 0 bridgehead atoms. The maximum absolute atomic E-state index is 13.5. The van der Waals surface area contributed by atoms with Crippen LogP contribution in [-0.4, -0.2) is 47.0 Å². The molecule has 1 atom stereocenters. The summed E-state index contributed by atoms with van der Waals surface area (Å²) >= 11 is 3.50. The molecule has 0 aliphatic carbocycles. The number of rotatable bonds is 7. The zero-order valence-electron chi connectivity index (χ0n) is 22.6. The molecule has 1 N–H and O–H groups in total. The Labute approximate surface area is 238 Å². The van der Waals surface area contributed by atoms with Crippen LogP contribution < -0.4 is 19.3 Å². The van der Waals surface area contributed by atoms with E-state index in [0.29, 0.717) is 30.0 Å². The quantitative estimate of drug-likeness (QED) is 0.398. The van der Waals surface area contributed by atoms with Crippen LogP contribution in [0.1, 0.15) is 39.9 Å². The first-order valence-corrected chi connectivity index (χ1v) is 14.8. The van der Waals surface area contributed by atoms with Crippen molar-refractivity contribution in [2.75, 3.05) is 29.9 Å². The highest BCUT2D eigenvalue weighted by atomic mass is 79.9. The fourth-order valence-corrected chi connectivity index (χ4v) is 6.90. The number of piperidine rings is 1. The van der Waals surface area contributed by atoms with Gasteiger partial charge in [-0.3, -0.25) is 13.9 Å². The van der Waals surface area contributed by atoms with Crippen LogP contribution in [0, 0.1) is 20.8 Å². The smallest absolute Gasteiger partial charge is 0.264 e. The lowest BCUT2D eigenvalue weighted by molar-refractivity contribution is -0.121. The first-order valence-electron chi connectivity index (χ1n) is 12.6. The Bertz CT molecular complexity index is 1520. The van der Waals surface area contributed by atoms with Crippen molar-refractivity contribution in [2.45, 2.75) is 44.6 Å². The lowest BCUT2D eigenvalue weighted by atomic mass is 9.99. The number of ether oxygens (including phenoxy) is 1. The minimum absolute atomic E-state index is 0.0376. The largest absolute Gasteiger partial charge is 0.495 e. The fraction of sp³-hybridized carbons (Fsp3) is 0.310. The average molecular weight is 615 g/mol. The Morgan fingerprint density at radius 3 is 2.38 bits per heavy atom. The van der Waals surface area contributed by atoms with Gasteiger partial charge in [-0.15, -0.1) is 0 Å². The number of nitrogens with one attached hydrogen (secondary N) is 1. The van der Waals surface area contributed by atoms with E-state index in [0.717, 1.165) is 32.0 Å². The summed E-state index contributed by atoms with van der Waals surface area (Å²) in [6, 6.07) is 14.4. The summed E-state index contributed by atoms with van der Waals surface area (Å²) in [7, 11) is -1.09. The van der Waals surface area contributed by atoms with Crippen molar-refractivity contribution in [2.24, 2.45) is 0 Å². The van der Waals surface area contributed by atoms with Gasteiger partial charge in [0.2, 0.25) is 5.91 Å². The Balaban J connectivity index is 1.59. The Kier molecular flexibility index (Phi) is 8.37. The van der Waals surface area contributed by atoms with Gasteiger partial charge in [0.25, 0.3) is 15.9 Å². The molecule has 1 aliphatic rings. The molecule has 0 aromatic heterocycles. The standard InChI is InChI=1S/C29H32BrN3O5S/c1-18-12-13-22(39(36,37)32(4)25-10-6-7-11-26(25)38-5)17-23(18)28(34)31-24-9-8-14-33(29(24)35)27-19(2)15-21(30)16-20(27)3/h6-7,10-13,15-17,24H,8-9,14H2,1-5H3,(H,31,34). The molecule has 3 aromatic carbocycles. The number of benzene rings is 3. The molecule has 39 heavy (non-hydrogen) atoms. The lowest BCUT2D eigenvalue weighted by Gasteiger charge is -2.34. The topological polar surface area (TPSA) is 96.0 Å². The molecular weight excluding hydrogens is 582 g/mol. The number of sulfonamides is 1. The summed E-state index contributed by atoms with van der Waals surface area (Å²) in [5.74, 6) is -0.264. The number of hydrogen-bond donors (Lipinski definition) is 1. The third-order valence-corrected chi connectivity index (χ3v) is 9.23. The van der Waals surface area contributed by atoms with Crippen molar-refractivity contribution in [3.8, 4) is 5.75 Å². The number of hydrogen-bond acceptors (Lipinski definition) is 5. The van der Waals surface area contributed by atoms with E-state index in [-0.39, 0.29) is 16.4 Å². The van der Waals surface area contributed by atoms with Gasteiger partial charge in [-0.2, -0.15) is 0 Å². The first kappa shape index (κ1) is 28.6. The molecular formula is C29H32BrN3O5S. The van der Waals surface area contributed by atoms with Crippen molar-refractivity contribution in [1.82, 2.24) is 5.32 Å². The fourth-order valence-electron chi connectivity index (χ4n) is 4.98. The van der Waals surface area contributed by atoms with Gasteiger partial charge in [-0.05, 0) is 86.7 Å². The summed E-state index contributed by atoms with van der Waals surface area (Å²) < 4.78 is 34.4. The maximum atomic E-state index is 13.5. The van der Waals surface area contributed by atoms with Crippen molar-refractivity contribution < 1.29 is 22.7 Å². The van der Waals surface area contributed by atoms with E-state index in [4.69, 9.17) is 4.74 Å². The third-order valence-electron chi connectivity index (χ3n) is 7.01. The van der Waals surface area contributed by atoms with Gasteiger partial charge in [0.1, 0.15) is 11.8 Å². The Hall–Kier alpha value is -3.37. The maximum Gasteiger partial charge on any atom is 0.264 e. The third kappa shape index (κ3) is 5.67. The molecule has 1 saturated heterocycles. The minimum atomic E-state index is -4.00. The lowest BCUT2D eigenvalue weighted by Crippen LogP contribution is -2.52. The van der Waals surface area contributed by atoms with Crippen molar-refractivity contribution in [1.29, 1.82) is 0 Å². The second-order valence-corrected chi connectivity index (χ2v) is 12.6. The van der Waals surface area contributed by atoms with Gasteiger partial charge in [-0.1, -0.05) is 34.1 Å². The first-order chi connectivity index (χ1) is 18.4. The van der Waals surface area contributed by atoms with E-state index in [1.807, 2.05) is 26.0 Å². The van der Waals surface area contributed by atoms with E-state index in [2.05, 4.69) is 21.2 Å². The van der Waals surface area contributed by atoms with Crippen molar-refractivity contribution >= 4 is 49.1 Å². The molecule has 1 unspecified atom stereocenters. The number of halogens is 1. The molecule has 10 heteroatoms. The number of para-hydroxylation sites is 2. The zero-order chi connectivity index (χ0) is 28.5. The molecule has 1 heterocycles. The summed E-state index contributed by atoms with van der Waals surface area (Å²) in [5, 5.41) is 2.87. The molecule has 206 valence electrons. The number of nitrogens with zero attached hydrogens (tertiary/aromatic N) is 2. The number of carbonyl (C=O) groups is 2. The number of carbonyl (C=O) groups excluding carboxylic acids is 2. The van der Waals surface area contributed by atoms with Crippen LogP contribution in [0.5, 0.6) is 5.75 Å². The molecule has 0 saturated carbocycles. The highest BCUT2D eigenvalue weighted by Crippen LogP contribution is 2.33. The monoisotopic (exact) mass is 613 g/mol. The molecule has 0 radical (unpaired) electrons. The number of aryl methyl sites for hydroxylation is 3. The highest BCUT2D eigenvalue weighted by molar-refractivity contribution is 9.10. The number of methoxy groups -OCH3 is 1. The van der Waals surface area contributed by atoms with E-state index >= 15 is 0 Å². The summed E-state index contributed by atoms with van der Waals surface area (Å²) in [6.45, 7) is 6.22. The second-order valence-electron chi connectivity index (χ2n) is 9.67. The average Bonchev–Trinajstić information content (AvgIpc) is 2.89. The van der Waals surface area contributed by atoms with Gasteiger partial charge in [0.05, 0.1) is 17.7 Å². The van der Waals surface area contributed by atoms with E-state index < -0.39 is 22.0 Å². The van der Waals surface area contributed by atoms with E-state index in [1.54, 1.807) is 42.2 Å². The van der Waals surface area contributed by atoms with Crippen LogP contribution in [0.3, 0.4) is 0 Å². The molecule has 8 nitrogen and oxygen atoms in total. The van der Waals surface area contributed by atoms with Crippen molar-refractivity contribution in [3.05, 3.63) is 81.3 Å². The van der Waals surface area contributed by atoms with Crippen LogP contribution in [0.25, 0.3) is 0 Å². The van der Waals surface area contributed by atoms with Gasteiger partial charge in [0.15, 0.2) is 0 Å². The molecule has 2 amide bonds. The van der Waals surface area contributed by atoms with Crippen LogP contribution in [0.15, 0.2) is 64.0 Å². The normalized spacial score (nSPS) is 15.7. The van der Waals surface area contributed by atoms with Gasteiger partial charge in [0, 0.05) is 29.3 Å². The second kappa shape index (κ2) is 11.4. The molecule has 0 spiro atoms. The predicted molar refractivity (Wildman–Crippen MR) is 156 cm³/mol. The van der Waals surface area contributed by atoms with E-state index in [1.165, 1.54) is 26.3 Å². The van der Waals surface area contributed by atoms with Crippen LogP contribution >= 0.6 is 15.9 Å². The van der Waals surface area contributed by atoms with Crippen molar-refractivity contribution in [3.63, 3.8) is 0 Å². The Morgan fingerprint density at radius 2 is 1.72 bits per heavy atom. The summed E-state index contributed by atoms with van der Waals surface area (Å²) in [4.78, 5) is 28.6. The molecule has 1 aliphatic heterocycles. The van der Waals surface area contributed by atoms with Gasteiger partial charge >= 0.3 is 0 Å². The molecule has 4 rings (SSSR count). The number of anilines is 2. The summed E-state index contributed by atoms with van der Waals surface area (Å²) in [5.41, 5.74) is 3.96. The van der Waals surface area contributed by atoms with Crippen LogP contribution in [0.4, 0.5) is 11.4 Å². The Morgan fingerprint density at radius 1 is 1.05 bits per heavy atom. The predicted octanol–water partition coefficient (Wildman–Crippen LogP) is 5.13. The van der Waals surface area contributed by atoms with E-state index in [9.17, 15) is 18.0 Å². The molecule has 1 fully saturated rings. The molecule has 3 aromatic rings. The van der Waals surface area contributed by atoms with Crippen LogP contribution in [-0.2, 0) is 14.8 Å². The zero-order valence-corrected chi connectivity index (χ0v) is 25.0. The summed E-state index contributed by atoms with van der Waals surface area (Å²) in [6.07, 6.45) is 1.23. The highest BCUT2D eigenvalue weighted by Gasteiger charge is 2.33. The SMILES string of the molecule is COc1ccccc1N(C)S(=O)(=O)c1ccc(C)c(C(=O)NC2CCCN(c3c(C)cc(Br)cc3C)C2=O)c1. The van der Waals surface area contributed by atoms with Crippen LogP contribution in [0.2, 0.25) is 0 Å². The minimum Gasteiger partial charge on any atom is -0.495 e. The van der Waals surface area contributed by atoms with Gasteiger partial charge < -0.3 is 15.0 Å². The van der Waals surface area contributed by atoms with Gasteiger partial charge in [-0.25, -0.2) is 8.42 Å². The number of amides is 2.